The topological polar surface area (TPSA) is 106 Å². The molecule has 0 aliphatic heterocycles. The Morgan fingerprint density at radius 3 is 2.96 bits per heavy atom. The highest BCUT2D eigenvalue weighted by atomic mass is 19.1. The number of fused-ring (bicyclic) bond motifs is 1. The Balaban J connectivity index is 1.98. The molecule has 3 aromatic rings. The SMILES string of the molecule is COc1ccc(Nc2c(C(=O)NOCCO)oc3ccncc23)c(F)c1. The van der Waals surface area contributed by atoms with Gasteiger partial charge in [0.15, 0.2) is 0 Å². The van der Waals surface area contributed by atoms with Gasteiger partial charge in [0.05, 0.1) is 31.4 Å². The second-order valence-electron chi connectivity index (χ2n) is 5.15. The summed E-state index contributed by atoms with van der Waals surface area (Å²) in [7, 11) is 1.44. The maximum absolute atomic E-state index is 14.3. The number of aliphatic hydroxyl groups is 1. The number of hydroxylamine groups is 1. The number of benzene rings is 1. The van der Waals surface area contributed by atoms with E-state index in [1.54, 1.807) is 12.1 Å². The number of aliphatic hydroxyl groups excluding tert-OH is 1. The molecule has 0 unspecified atom stereocenters. The van der Waals surface area contributed by atoms with Crippen molar-refractivity contribution in [2.75, 3.05) is 25.6 Å². The van der Waals surface area contributed by atoms with Crippen LogP contribution in [0.3, 0.4) is 0 Å². The van der Waals surface area contributed by atoms with E-state index < -0.39 is 11.7 Å². The summed E-state index contributed by atoms with van der Waals surface area (Å²) in [6.45, 7) is -0.337. The summed E-state index contributed by atoms with van der Waals surface area (Å²) < 4.78 is 24.8. The predicted octanol–water partition coefficient (Wildman–Crippen LogP) is 2.37. The predicted molar refractivity (Wildman–Crippen MR) is 90.7 cm³/mol. The lowest BCUT2D eigenvalue weighted by Gasteiger charge is -2.09. The number of furan rings is 1. The summed E-state index contributed by atoms with van der Waals surface area (Å²) in [5, 5.41) is 12.1. The highest BCUT2D eigenvalue weighted by molar-refractivity contribution is 6.06. The molecule has 0 atom stereocenters. The van der Waals surface area contributed by atoms with Gasteiger partial charge in [-0.25, -0.2) is 9.87 Å². The number of carbonyl (C=O) groups excluding carboxylic acids is 1. The summed E-state index contributed by atoms with van der Waals surface area (Å²) in [5.41, 5.74) is 2.91. The molecule has 0 aliphatic rings. The number of anilines is 2. The first-order valence-corrected chi connectivity index (χ1v) is 7.64. The van der Waals surface area contributed by atoms with Crippen LogP contribution in [0.1, 0.15) is 10.6 Å². The quantitative estimate of drug-likeness (QED) is 0.438. The number of carbonyl (C=O) groups is 1. The maximum Gasteiger partial charge on any atom is 0.312 e. The molecule has 0 spiro atoms. The molecule has 0 radical (unpaired) electrons. The summed E-state index contributed by atoms with van der Waals surface area (Å²) in [5.74, 6) is -1.00. The van der Waals surface area contributed by atoms with Gasteiger partial charge < -0.3 is 19.6 Å². The van der Waals surface area contributed by atoms with Crippen molar-refractivity contribution < 1.29 is 28.3 Å². The normalized spacial score (nSPS) is 10.7. The van der Waals surface area contributed by atoms with Gasteiger partial charge in [-0.3, -0.25) is 14.6 Å². The van der Waals surface area contributed by atoms with E-state index in [0.717, 1.165) is 0 Å². The zero-order valence-corrected chi connectivity index (χ0v) is 13.8. The van der Waals surface area contributed by atoms with E-state index >= 15 is 0 Å². The third-order valence-electron chi connectivity index (χ3n) is 3.49. The number of rotatable bonds is 7. The molecule has 0 aliphatic carbocycles. The molecule has 136 valence electrons. The van der Waals surface area contributed by atoms with Crippen LogP contribution in [0.15, 0.2) is 41.1 Å². The fourth-order valence-corrected chi connectivity index (χ4v) is 2.29. The van der Waals surface area contributed by atoms with E-state index in [1.807, 2.05) is 0 Å². The van der Waals surface area contributed by atoms with Gasteiger partial charge in [-0.2, -0.15) is 0 Å². The van der Waals surface area contributed by atoms with Crippen LogP contribution < -0.4 is 15.5 Å². The number of halogens is 1. The lowest BCUT2D eigenvalue weighted by atomic mass is 10.2. The van der Waals surface area contributed by atoms with Crippen molar-refractivity contribution in [3.8, 4) is 5.75 Å². The van der Waals surface area contributed by atoms with Gasteiger partial charge in [0.1, 0.15) is 22.8 Å². The van der Waals surface area contributed by atoms with Crippen molar-refractivity contribution in [1.82, 2.24) is 10.5 Å². The van der Waals surface area contributed by atoms with Gasteiger partial charge in [-0.05, 0) is 18.2 Å². The summed E-state index contributed by atoms with van der Waals surface area (Å²) in [6, 6.07) is 5.85. The maximum atomic E-state index is 14.3. The van der Waals surface area contributed by atoms with Crippen LogP contribution in [-0.4, -0.2) is 36.3 Å². The smallest absolute Gasteiger partial charge is 0.312 e. The summed E-state index contributed by atoms with van der Waals surface area (Å²) >= 11 is 0. The molecule has 8 nitrogen and oxygen atoms in total. The number of pyridine rings is 1. The zero-order chi connectivity index (χ0) is 18.5. The number of amides is 1. The second-order valence-corrected chi connectivity index (χ2v) is 5.15. The number of aromatic nitrogens is 1. The van der Waals surface area contributed by atoms with Crippen LogP contribution in [0.2, 0.25) is 0 Å². The molecule has 3 N–H and O–H groups in total. The number of hydrogen-bond acceptors (Lipinski definition) is 7. The van der Waals surface area contributed by atoms with Crippen LogP contribution in [0.4, 0.5) is 15.8 Å². The zero-order valence-electron chi connectivity index (χ0n) is 13.8. The number of hydrogen-bond donors (Lipinski definition) is 3. The number of ether oxygens (including phenoxy) is 1. The molecular weight excluding hydrogens is 345 g/mol. The van der Waals surface area contributed by atoms with Crippen molar-refractivity contribution in [3.63, 3.8) is 0 Å². The van der Waals surface area contributed by atoms with Crippen LogP contribution in [-0.2, 0) is 4.84 Å². The average molecular weight is 361 g/mol. The van der Waals surface area contributed by atoms with E-state index in [1.165, 1.54) is 31.6 Å². The molecule has 1 aromatic carbocycles. The molecule has 26 heavy (non-hydrogen) atoms. The summed E-state index contributed by atoms with van der Waals surface area (Å²) in [4.78, 5) is 21.1. The average Bonchev–Trinajstić information content (AvgIpc) is 3.02. The molecule has 1 amide bonds. The summed E-state index contributed by atoms with van der Waals surface area (Å²) in [6.07, 6.45) is 3.00. The lowest BCUT2D eigenvalue weighted by molar-refractivity contribution is 0.0152. The van der Waals surface area contributed by atoms with E-state index in [-0.39, 0.29) is 30.3 Å². The monoisotopic (exact) mass is 361 g/mol. The number of nitrogens with one attached hydrogen (secondary N) is 2. The van der Waals surface area contributed by atoms with Gasteiger partial charge in [0, 0.05) is 18.5 Å². The minimum Gasteiger partial charge on any atom is -0.497 e. The Hall–Kier alpha value is -3.17. The molecule has 0 fully saturated rings. The number of nitrogens with zero attached hydrogens (tertiary/aromatic N) is 1. The molecule has 9 heteroatoms. The van der Waals surface area contributed by atoms with Crippen molar-refractivity contribution in [3.05, 3.63) is 48.2 Å². The van der Waals surface area contributed by atoms with E-state index in [2.05, 4.69) is 15.8 Å². The van der Waals surface area contributed by atoms with Crippen molar-refractivity contribution in [1.29, 1.82) is 0 Å². The molecule has 0 bridgehead atoms. The van der Waals surface area contributed by atoms with Crippen LogP contribution in [0.25, 0.3) is 11.0 Å². The number of methoxy groups -OCH3 is 1. The Morgan fingerprint density at radius 2 is 2.23 bits per heavy atom. The van der Waals surface area contributed by atoms with Crippen LogP contribution >= 0.6 is 0 Å². The van der Waals surface area contributed by atoms with E-state index in [4.69, 9.17) is 19.1 Å². The largest absolute Gasteiger partial charge is 0.497 e. The lowest BCUT2D eigenvalue weighted by Crippen LogP contribution is -2.25. The molecular formula is C17H16FN3O5. The Bertz CT molecular complexity index is 928. The van der Waals surface area contributed by atoms with Crippen molar-refractivity contribution in [2.45, 2.75) is 0 Å². The molecule has 0 saturated carbocycles. The third-order valence-corrected chi connectivity index (χ3v) is 3.49. The van der Waals surface area contributed by atoms with Gasteiger partial charge in [-0.15, -0.1) is 0 Å². The van der Waals surface area contributed by atoms with Gasteiger partial charge in [0.2, 0.25) is 5.76 Å². The fourth-order valence-electron chi connectivity index (χ4n) is 2.29. The molecule has 3 rings (SSSR count). The minimum atomic E-state index is -0.689. The van der Waals surface area contributed by atoms with Crippen LogP contribution in [0.5, 0.6) is 5.75 Å². The van der Waals surface area contributed by atoms with Crippen molar-refractivity contribution >= 4 is 28.3 Å². The van der Waals surface area contributed by atoms with Gasteiger partial charge in [-0.1, -0.05) is 0 Å². The van der Waals surface area contributed by atoms with Gasteiger partial charge in [0.25, 0.3) is 0 Å². The van der Waals surface area contributed by atoms with E-state index in [9.17, 15) is 9.18 Å². The Morgan fingerprint density at radius 1 is 1.38 bits per heavy atom. The van der Waals surface area contributed by atoms with Crippen molar-refractivity contribution in [2.24, 2.45) is 0 Å². The Kier molecular flexibility index (Phi) is 5.30. The highest BCUT2D eigenvalue weighted by Crippen LogP contribution is 2.34. The van der Waals surface area contributed by atoms with Crippen LogP contribution in [0, 0.1) is 5.82 Å². The molecule has 0 saturated heterocycles. The molecule has 2 heterocycles. The Labute approximate surface area is 147 Å². The first-order chi connectivity index (χ1) is 12.6. The highest BCUT2D eigenvalue weighted by Gasteiger charge is 2.22. The third kappa shape index (κ3) is 3.58. The second kappa shape index (κ2) is 7.81. The van der Waals surface area contributed by atoms with Gasteiger partial charge >= 0.3 is 5.91 Å². The first kappa shape index (κ1) is 17.6. The first-order valence-electron chi connectivity index (χ1n) is 7.64. The minimum absolute atomic E-state index is 0.0800. The van der Waals surface area contributed by atoms with E-state index in [0.29, 0.717) is 16.7 Å². The molecule has 2 aromatic heterocycles. The fraction of sp³-hybridized carbons (Fsp3) is 0.176. The standard InChI is InChI=1S/C17H16FN3O5/c1-24-10-2-3-13(12(18)8-10)20-15-11-9-19-5-4-14(11)26-16(15)17(23)21-25-7-6-22/h2-5,8-9,20,22H,6-7H2,1H3,(H,21,23).